The van der Waals surface area contributed by atoms with Gasteiger partial charge in [0.05, 0.1) is 0 Å². The van der Waals surface area contributed by atoms with Crippen LogP contribution < -0.4 is 0 Å². The fourth-order valence-electron chi connectivity index (χ4n) is 1.11. The Morgan fingerprint density at radius 2 is 2.00 bits per heavy atom. The molecule has 0 saturated carbocycles. The number of carboxylic acids is 1. The Labute approximate surface area is 72.4 Å². The molecule has 0 aromatic heterocycles. The van der Waals surface area contributed by atoms with Crippen LogP contribution in [0, 0.1) is 5.41 Å². The van der Waals surface area contributed by atoms with E-state index in [1.54, 1.807) is 0 Å². The fraction of sp³-hybridized carbons (Fsp3) is 0.375. The maximum atomic E-state index is 12.4. The van der Waals surface area contributed by atoms with Crippen molar-refractivity contribution in [2.75, 3.05) is 0 Å². The highest BCUT2D eigenvalue weighted by Crippen LogP contribution is 2.44. The summed E-state index contributed by atoms with van der Waals surface area (Å²) in [4.78, 5) is 10.5. The van der Waals surface area contributed by atoms with Gasteiger partial charge in [-0.1, -0.05) is 24.3 Å². The molecule has 0 amide bonds. The lowest BCUT2D eigenvalue weighted by Gasteiger charge is -2.28. The third kappa shape index (κ3) is 1.46. The number of carboxylic acid groups (broad SMARTS) is 1. The van der Waals surface area contributed by atoms with Crippen molar-refractivity contribution in [3.05, 3.63) is 24.3 Å². The van der Waals surface area contributed by atoms with Gasteiger partial charge in [0.15, 0.2) is 5.41 Å². The Morgan fingerprint density at radius 3 is 2.23 bits per heavy atom. The first-order chi connectivity index (χ1) is 5.90. The minimum absolute atomic E-state index is 0.539. The summed E-state index contributed by atoms with van der Waals surface area (Å²) in [5, 5.41) is 8.52. The molecular weight excluding hydrogens is 185 g/mol. The predicted octanol–water partition coefficient (Wildman–Crippen LogP) is 2.14. The average Bonchev–Trinajstić information content (AvgIpc) is 2.03. The van der Waals surface area contributed by atoms with Crippen LogP contribution in [0.25, 0.3) is 0 Å². The number of hydrogen-bond acceptors (Lipinski definition) is 1. The topological polar surface area (TPSA) is 37.3 Å². The van der Waals surface area contributed by atoms with E-state index in [4.69, 9.17) is 5.11 Å². The average molecular weight is 192 g/mol. The minimum atomic E-state index is -4.75. The van der Waals surface area contributed by atoms with Crippen molar-refractivity contribution < 1.29 is 23.1 Å². The number of hydrogen-bond donors (Lipinski definition) is 1. The lowest BCUT2D eigenvalue weighted by atomic mass is 9.81. The van der Waals surface area contributed by atoms with Crippen molar-refractivity contribution in [1.29, 1.82) is 0 Å². The summed E-state index contributed by atoms with van der Waals surface area (Å²) < 4.78 is 37.1. The summed E-state index contributed by atoms with van der Waals surface area (Å²) in [6.45, 7) is 0. The van der Waals surface area contributed by atoms with Gasteiger partial charge in [0, 0.05) is 0 Å². The summed E-state index contributed by atoms with van der Waals surface area (Å²) in [5.74, 6) is -1.86. The molecule has 0 aliphatic heterocycles. The summed E-state index contributed by atoms with van der Waals surface area (Å²) in [5.41, 5.74) is -2.73. The third-order valence-electron chi connectivity index (χ3n) is 1.96. The minimum Gasteiger partial charge on any atom is -0.480 e. The molecule has 2 nitrogen and oxygen atoms in total. The second-order valence-corrected chi connectivity index (χ2v) is 2.77. The molecule has 1 aliphatic rings. The van der Waals surface area contributed by atoms with Crippen LogP contribution in [-0.4, -0.2) is 17.3 Å². The van der Waals surface area contributed by atoms with E-state index in [0.29, 0.717) is 6.08 Å². The zero-order valence-corrected chi connectivity index (χ0v) is 6.51. The van der Waals surface area contributed by atoms with Gasteiger partial charge in [0.25, 0.3) is 0 Å². The first kappa shape index (κ1) is 9.83. The molecule has 72 valence electrons. The van der Waals surface area contributed by atoms with Gasteiger partial charge in [0.1, 0.15) is 0 Å². The van der Waals surface area contributed by atoms with Crippen molar-refractivity contribution in [2.24, 2.45) is 5.41 Å². The normalized spacial score (nSPS) is 27.6. The van der Waals surface area contributed by atoms with E-state index in [0.717, 1.165) is 6.08 Å². The van der Waals surface area contributed by atoms with Crippen LogP contribution in [0.4, 0.5) is 13.2 Å². The Kier molecular flexibility index (Phi) is 2.19. The van der Waals surface area contributed by atoms with E-state index in [9.17, 15) is 18.0 Å². The number of aliphatic carboxylic acids is 1. The van der Waals surface area contributed by atoms with Gasteiger partial charge in [0.2, 0.25) is 0 Å². The molecule has 0 heterocycles. The zero-order chi connectivity index (χ0) is 10.1. The van der Waals surface area contributed by atoms with Gasteiger partial charge in [-0.05, 0) is 6.42 Å². The van der Waals surface area contributed by atoms with Gasteiger partial charge < -0.3 is 5.11 Å². The molecule has 0 saturated heterocycles. The molecule has 5 heteroatoms. The molecule has 1 rings (SSSR count). The molecule has 13 heavy (non-hydrogen) atoms. The number of halogens is 3. The van der Waals surface area contributed by atoms with E-state index in [2.05, 4.69) is 0 Å². The van der Waals surface area contributed by atoms with Gasteiger partial charge in [-0.25, -0.2) is 0 Å². The van der Waals surface area contributed by atoms with E-state index in [1.807, 2.05) is 0 Å². The summed E-state index contributed by atoms with van der Waals surface area (Å²) >= 11 is 0. The van der Waals surface area contributed by atoms with Crippen molar-refractivity contribution >= 4 is 5.97 Å². The molecule has 0 fully saturated rings. The van der Waals surface area contributed by atoms with Gasteiger partial charge in [-0.3, -0.25) is 4.79 Å². The van der Waals surface area contributed by atoms with Crippen LogP contribution in [0.5, 0.6) is 0 Å². The second-order valence-electron chi connectivity index (χ2n) is 2.77. The second kappa shape index (κ2) is 2.90. The first-order valence-electron chi connectivity index (χ1n) is 3.55. The number of alkyl halides is 3. The Morgan fingerprint density at radius 1 is 1.38 bits per heavy atom. The molecule has 0 aromatic rings. The highest BCUT2D eigenvalue weighted by molar-refractivity contribution is 5.79. The quantitative estimate of drug-likeness (QED) is 0.691. The van der Waals surface area contributed by atoms with E-state index in [-0.39, 0.29) is 0 Å². The van der Waals surface area contributed by atoms with Crippen LogP contribution >= 0.6 is 0 Å². The molecule has 1 unspecified atom stereocenters. The molecular formula is C8H7F3O2. The Balaban J connectivity index is 3.10. The Hall–Kier alpha value is -1.26. The maximum absolute atomic E-state index is 12.4. The highest BCUT2D eigenvalue weighted by atomic mass is 19.4. The van der Waals surface area contributed by atoms with Gasteiger partial charge >= 0.3 is 12.1 Å². The molecule has 0 spiro atoms. The van der Waals surface area contributed by atoms with Crippen LogP contribution in [-0.2, 0) is 4.79 Å². The summed E-state index contributed by atoms with van der Waals surface area (Å²) in [6.07, 6.45) is -0.919. The number of allylic oxidation sites excluding steroid dienone is 3. The molecule has 1 atom stereocenters. The van der Waals surface area contributed by atoms with Crippen LogP contribution in [0.15, 0.2) is 24.3 Å². The van der Waals surface area contributed by atoms with E-state index < -0.39 is 24.0 Å². The van der Waals surface area contributed by atoms with Gasteiger partial charge in [-0.15, -0.1) is 0 Å². The van der Waals surface area contributed by atoms with Crippen molar-refractivity contribution in [1.82, 2.24) is 0 Å². The monoisotopic (exact) mass is 192 g/mol. The molecule has 0 aromatic carbocycles. The number of carbonyl (C=O) groups is 1. The van der Waals surface area contributed by atoms with Crippen molar-refractivity contribution in [3.8, 4) is 0 Å². The van der Waals surface area contributed by atoms with Crippen molar-refractivity contribution in [3.63, 3.8) is 0 Å². The SMILES string of the molecule is O=C(O)C1(C(F)(F)F)C=CC=CC1. The van der Waals surface area contributed by atoms with Gasteiger partial charge in [-0.2, -0.15) is 13.2 Å². The molecule has 0 bridgehead atoms. The summed E-state index contributed by atoms with van der Waals surface area (Å²) in [6, 6.07) is 0. The van der Waals surface area contributed by atoms with Crippen molar-refractivity contribution in [2.45, 2.75) is 12.6 Å². The van der Waals surface area contributed by atoms with E-state index in [1.165, 1.54) is 12.2 Å². The van der Waals surface area contributed by atoms with Crippen LogP contribution in [0.2, 0.25) is 0 Å². The van der Waals surface area contributed by atoms with Crippen LogP contribution in [0.1, 0.15) is 6.42 Å². The lowest BCUT2D eigenvalue weighted by molar-refractivity contribution is -0.216. The summed E-state index contributed by atoms with van der Waals surface area (Å²) in [7, 11) is 0. The lowest BCUT2D eigenvalue weighted by Crippen LogP contribution is -2.43. The molecule has 1 aliphatic carbocycles. The fourth-order valence-corrected chi connectivity index (χ4v) is 1.11. The highest BCUT2D eigenvalue weighted by Gasteiger charge is 2.58. The smallest absolute Gasteiger partial charge is 0.408 e. The third-order valence-corrected chi connectivity index (χ3v) is 1.96. The largest absolute Gasteiger partial charge is 0.480 e. The standard InChI is InChI=1S/C8H7F3O2/c9-8(10,11)7(6(12)13)4-2-1-3-5-7/h1-4H,5H2,(H,12,13). The van der Waals surface area contributed by atoms with Crippen LogP contribution in [0.3, 0.4) is 0 Å². The maximum Gasteiger partial charge on any atom is 0.408 e. The molecule has 1 N–H and O–H groups in total. The molecule has 0 radical (unpaired) electrons. The predicted molar refractivity (Wildman–Crippen MR) is 39.0 cm³/mol. The Bertz CT molecular complexity index is 278. The number of rotatable bonds is 1. The first-order valence-corrected chi connectivity index (χ1v) is 3.55. The zero-order valence-electron chi connectivity index (χ0n) is 6.51. The van der Waals surface area contributed by atoms with E-state index >= 15 is 0 Å².